The number of hydrogen-bond donors (Lipinski definition) is 3. The fourth-order valence-electron chi connectivity index (χ4n) is 1.67. The molecule has 0 aliphatic carbocycles. The Hall–Kier alpha value is -2.05. The molecule has 0 heterocycles. The van der Waals surface area contributed by atoms with Gasteiger partial charge in [0.1, 0.15) is 5.60 Å². The van der Waals surface area contributed by atoms with Gasteiger partial charge in [-0.2, -0.15) is 0 Å². The van der Waals surface area contributed by atoms with E-state index < -0.39 is 11.7 Å². The van der Waals surface area contributed by atoms with Crippen molar-refractivity contribution in [2.24, 2.45) is 5.41 Å². The lowest BCUT2D eigenvalue weighted by Crippen LogP contribution is -2.35. The second kappa shape index (κ2) is 10.8. The first-order chi connectivity index (χ1) is 11.8. The number of allylic oxidation sites excluding steroid dienone is 1. The standard InChI is InChI=1S/C19H35N3O4/c1-14(18(2,3)4)13-16(24)21-11-8-10-20-15(23)9-12-22-17(25)26-19(5,6)7/h13H,8-12H2,1-7H3,(H,20,23)(H,21,24)(H,22,25)/b14-13+. The van der Waals surface area contributed by atoms with Crippen molar-refractivity contribution in [2.75, 3.05) is 19.6 Å². The Morgan fingerprint density at radius 1 is 0.885 bits per heavy atom. The van der Waals surface area contributed by atoms with E-state index in [2.05, 4.69) is 36.7 Å². The number of ether oxygens (including phenoxy) is 1. The van der Waals surface area contributed by atoms with Crippen molar-refractivity contribution in [1.82, 2.24) is 16.0 Å². The lowest BCUT2D eigenvalue weighted by atomic mass is 9.87. The van der Waals surface area contributed by atoms with Crippen LogP contribution in [0.4, 0.5) is 4.79 Å². The summed E-state index contributed by atoms with van der Waals surface area (Å²) < 4.78 is 5.08. The number of carbonyl (C=O) groups is 3. The van der Waals surface area contributed by atoms with Crippen LogP contribution >= 0.6 is 0 Å². The Bertz CT molecular complexity index is 514. The molecule has 0 aromatic rings. The van der Waals surface area contributed by atoms with Crippen molar-refractivity contribution in [3.05, 3.63) is 11.6 Å². The molecule has 0 aliphatic heterocycles. The summed E-state index contributed by atoms with van der Waals surface area (Å²) >= 11 is 0. The van der Waals surface area contributed by atoms with E-state index in [4.69, 9.17) is 4.74 Å². The fraction of sp³-hybridized carbons (Fsp3) is 0.737. The molecule has 0 saturated heterocycles. The molecular weight excluding hydrogens is 334 g/mol. The molecule has 0 aromatic heterocycles. The quantitative estimate of drug-likeness (QED) is 0.452. The molecule has 0 radical (unpaired) electrons. The van der Waals surface area contributed by atoms with E-state index in [-0.39, 0.29) is 30.2 Å². The lowest BCUT2D eigenvalue weighted by Gasteiger charge is -2.19. The maximum absolute atomic E-state index is 11.8. The van der Waals surface area contributed by atoms with E-state index in [9.17, 15) is 14.4 Å². The van der Waals surface area contributed by atoms with Crippen LogP contribution in [0, 0.1) is 5.41 Å². The van der Waals surface area contributed by atoms with Gasteiger partial charge >= 0.3 is 6.09 Å². The van der Waals surface area contributed by atoms with Crippen molar-refractivity contribution < 1.29 is 19.1 Å². The molecule has 7 nitrogen and oxygen atoms in total. The molecule has 3 N–H and O–H groups in total. The molecule has 0 atom stereocenters. The second-order valence-electron chi connectivity index (χ2n) is 8.25. The Kier molecular flexibility index (Phi) is 9.98. The van der Waals surface area contributed by atoms with Crippen LogP contribution < -0.4 is 16.0 Å². The first-order valence-electron chi connectivity index (χ1n) is 9.01. The van der Waals surface area contributed by atoms with Gasteiger partial charge in [0, 0.05) is 32.1 Å². The van der Waals surface area contributed by atoms with E-state index in [0.29, 0.717) is 19.5 Å². The number of hydrogen-bond acceptors (Lipinski definition) is 4. The summed E-state index contributed by atoms with van der Waals surface area (Å²) in [6, 6.07) is 0. The summed E-state index contributed by atoms with van der Waals surface area (Å²) in [5.74, 6) is -0.277. The van der Waals surface area contributed by atoms with E-state index in [1.54, 1.807) is 26.8 Å². The van der Waals surface area contributed by atoms with Crippen LogP contribution in [0.2, 0.25) is 0 Å². The van der Waals surface area contributed by atoms with Gasteiger partial charge in [0.15, 0.2) is 0 Å². The summed E-state index contributed by atoms with van der Waals surface area (Å²) in [6.07, 6.45) is 1.89. The van der Waals surface area contributed by atoms with Gasteiger partial charge in [-0.3, -0.25) is 9.59 Å². The monoisotopic (exact) mass is 369 g/mol. The van der Waals surface area contributed by atoms with Crippen LogP contribution in [0.25, 0.3) is 0 Å². The van der Waals surface area contributed by atoms with E-state index in [0.717, 1.165) is 5.57 Å². The zero-order valence-electron chi connectivity index (χ0n) is 17.2. The number of amides is 3. The third kappa shape index (κ3) is 13.3. The Morgan fingerprint density at radius 2 is 1.46 bits per heavy atom. The van der Waals surface area contributed by atoms with Crippen LogP contribution in [0.1, 0.15) is 61.3 Å². The van der Waals surface area contributed by atoms with Crippen LogP contribution in [-0.4, -0.2) is 43.1 Å². The highest BCUT2D eigenvalue weighted by molar-refractivity contribution is 5.88. The Balaban J connectivity index is 3.81. The molecule has 7 heteroatoms. The molecule has 0 aromatic carbocycles. The lowest BCUT2D eigenvalue weighted by molar-refractivity contribution is -0.120. The SMILES string of the molecule is C/C(=C\C(=O)NCCCNC(=O)CCNC(=O)OC(C)(C)C)C(C)(C)C. The van der Waals surface area contributed by atoms with Crippen LogP contribution in [0.15, 0.2) is 11.6 Å². The van der Waals surface area contributed by atoms with Gasteiger partial charge in [0.05, 0.1) is 0 Å². The van der Waals surface area contributed by atoms with E-state index >= 15 is 0 Å². The number of carbonyl (C=O) groups excluding carboxylic acids is 3. The highest BCUT2D eigenvalue weighted by atomic mass is 16.6. The summed E-state index contributed by atoms with van der Waals surface area (Å²) in [5, 5.41) is 8.08. The smallest absolute Gasteiger partial charge is 0.407 e. The molecule has 150 valence electrons. The van der Waals surface area contributed by atoms with Crippen molar-refractivity contribution >= 4 is 17.9 Å². The first kappa shape index (κ1) is 23.9. The molecule has 0 aliphatic rings. The highest BCUT2D eigenvalue weighted by Crippen LogP contribution is 2.23. The van der Waals surface area contributed by atoms with Crippen molar-refractivity contribution in [3.63, 3.8) is 0 Å². The third-order valence-corrected chi connectivity index (χ3v) is 3.53. The Labute approximate surface area is 157 Å². The van der Waals surface area contributed by atoms with Crippen LogP contribution in [0.3, 0.4) is 0 Å². The Morgan fingerprint density at radius 3 is 2.00 bits per heavy atom. The predicted molar refractivity (Wildman–Crippen MR) is 103 cm³/mol. The highest BCUT2D eigenvalue weighted by Gasteiger charge is 2.16. The summed E-state index contributed by atoms with van der Waals surface area (Å²) in [6.45, 7) is 14.6. The van der Waals surface area contributed by atoms with Gasteiger partial charge in [0.25, 0.3) is 0 Å². The summed E-state index contributed by atoms with van der Waals surface area (Å²) in [5.41, 5.74) is 0.427. The topological polar surface area (TPSA) is 96.5 Å². The largest absolute Gasteiger partial charge is 0.444 e. The number of nitrogens with one attached hydrogen (secondary N) is 3. The third-order valence-electron chi connectivity index (χ3n) is 3.53. The van der Waals surface area contributed by atoms with Crippen LogP contribution in [-0.2, 0) is 14.3 Å². The van der Waals surface area contributed by atoms with Crippen molar-refractivity contribution in [2.45, 2.75) is 66.9 Å². The van der Waals surface area contributed by atoms with Gasteiger partial charge in [-0.1, -0.05) is 26.3 Å². The maximum Gasteiger partial charge on any atom is 0.407 e. The van der Waals surface area contributed by atoms with Gasteiger partial charge in [0.2, 0.25) is 11.8 Å². The van der Waals surface area contributed by atoms with E-state index in [1.165, 1.54) is 0 Å². The van der Waals surface area contributed by atoms with Crippen molar-refractivity contribution in [1.29, 1.82) is 0 Å². The fourth-order valence-corrected chi connectivity index (χ4v) is 1.67. The molecule has 26 heavy (non-hydrogen) atoms. The molecule has 0 bridgehead atoms. The minimum atomic E-state index is -0.558. The molecule has 0 unspecified atom stereocenters. The molecule has 0 rings (SSSR count). The van der Waals surface area contributed by atoms with Crippen molar-refractivity contribution in [3.8, 4) is 0 Å². The van der Waals surface area contributed by atoms with Crippen LogP contribution in [0.5, 0.6) is 0 Å². The predicted octanol–water partition coefficient (Wildman–Crippen LogP) is 2.52. The van der Waals surface area contributed by atoms with E-state index in [1.807, 2.05) is 6.92 Å². The molecule has 0 saturated carbocycles. The average molecular weight is 370 g/mol. The van der Waals surface area contributed by atoms with Gasteiger partial charge < -0.3 is 20.7 Å². The van der Waals surface area contributed by atoms with Gasteiger partial charge in [-0.15, -0.1) is 0 Å². The second-order valence-corrected chi connectivity index (χ2v) is 8.25. The number of alkyl carbamates (subject to hydrolysis) is 1. The minimum absolute atomic E-state index is 0.0291. The zero-order chi connectivity index (χ0) is 20.4. The molecule has 3 amide bonds. The first-order valence-corrected chi connectivity index (χ1v) is 9.01. The summed E-state index contributed by atoms with van der Waals surface area (Å²) in [7, 11) is 0. The zero-order valence-corrected chi connectivity index (χ0v) is 17.2. The molecule has 0 fully saturated rings. The molecule has 0 spiro atoms. The normalized spacial score (nSPS) is 12.3. The van der Waals surface area contributed by atoms with Gasteiger partial charge in [-0.25, -0.2) is 4.79 Å². The summed E-state index contributed by atoms with van der Waals surface area (Å²) in [4.78, 5) is 34.9. The molecular formula is C19H35N3O4. The van der Waals surface area contributed by atoms with Gasteiger partial charge in [-0.05, 0) is 39.5 Å². The maximum atomic E-state index is 11.8. The average Bonchev–Trinajstić information content (AvgIpc) is 2.43. The number of rotatable bonds is 8. The minimum Gasteiger partial charge on any atom is -0.444 e.